The first-order valence-corrected chi connectivity index (χ1v) is 8.76. The summed E-state index contributed by atoms with van der Waals surface area (Å²) in [5, 5.41) is 4.22. The van der Waals surface area contributed by atoms with Crippen LogP contribution in [0.1, 0.15) is 23.0 Å². The van der Waals surface area contributed by atoms with Crippen molar-refractivity contribution in [2.75, 3.05) is 0 Å². The van der Waals surface area contributed by atoms with E-state index in [2.05, 4.69) is 10.3 Å². The molecule has 2 aromatic carbocycles. The maximum Gasteiger partial charge on any atom is 0.244 e. The van der Waals surface area contributed by atoms with E-state index in [1.54, 1.807) is 30.5 Å². The highest BCUT2D eigenvalue weighted by atomic mass is 35.5. The van der Waals surface area contributed by atoms with Crippen LogP contribution in [0.5, 0.6) is 0 Å². The quantitative estimate of drug-likeness (QED) is 0.649. The molecule has 1 aromatic heterocycles. The Morgan fingerprint density at radius 2 is 1.88 bits per heavy atom. The van der Waals surface area contributed by atoms with Gasteiger partial charge in [-0.2, -0.15) is 0 Å². The molecule has 0 radical (unpaired) electrons. The fourth-order valence-corrected chi connectivity index (χ4v) is 2.90. The molecule has 0 saturated heterocycles. The van der Waals surface area contributed by atoms with E-state index < -0.39 is 6.04 Å². The SMILES string of the molecule is Cn1ccnc1C(NC(=O)/C=C/c1ccccc1Cl)c1ccc(Cl)cc1. The van der Waals surface area contributed by atoms with Gasteiger partial charge in [0.2, 0.25) is 5.91 Å². The predicted molar refractivity (Wildman–Crippen MR) is 105 cm³/mol. The highest BCUT2D eigenvalue weighted by Crippen LogP contribution is 2.22. The molecular formula is C20H17Cl2N3O. The van der Waals surface area contributed by atoms with Gasteiger partial charge in [-0.25, -0.2) is 4.98 Å². The second-order valence-electron chi connectivity index (χ2n) is 5.74. The molecule has 6 heteroatoms. The van der Waals surface area contributed by atoms with Gasteiger partial charge in [-0.15, -0.1) is 0 Å². The smallest absolute Gasteiger partial charge is 0.244 e. The zero-order valence-electron chi connectivity index (χ0n) is 14.1. The molecule has 1 N–H and O–H groups in total. The van der Waals surface area contributed by atoms with Crippen LogP contribution < -0.4 is 5.32 Å². The summed E-state index contributed by atoms with van der Waals surface area (Å²) in [6.07, 6.45) is 6.69. The fraction of sp³-hybridized carbons (Fsp3) is 0.100. The highest BCUT2D eigenvalue weighted by Gasteiger charge is 2.19. The molecular weight excluding hydrogens is 369 g/mol. The Hall–Kier alpha value is -2.56. The van der Waals surface area contributed by atoms with Gasteiger partial charge in [-0.1, -0.05) is 53.5 Å². The van der Waals surface area contributed by atoms with Crippen molar-refractivity contribution in [1.82, 2.24) is 14.9 Å². The van der Waals surface area contributed by atoms with Crippen LogP contribution in [0.25, 0.3) is 6.08 Å². The number of hydrogen-bond donors (Lipinski definition) is 1. The van der Waals surface area contributed by atoms with Gasteiger partial charge in [0.1, 0.15) is 11.9 Å². The molecule has 0 bridgehead atoms. The maximum absolute atomic E-state index is 12.5. The summed E-state index contributed by atoms with van der Waals surface area (Å²) in [7, 11) is 1.89. The molecule has 0 spiro atoms. The summed E-state index contributed by atoms with van der Waals surface area (Å²) in [6.45, 7) is 0. The number of aromatic nitrogens is 2. The molecule has 3 aromatic rings. The lowest BCUT2D eigenvalue weighted by Gasteiger charge is -2.18. The first kappa shape index (κ1) is 18.2. The lowest BCUT2D eigenvalue weighted by molar-refractivity contribution is -0.117. The summed E-state index contributed by atoms with van der Waals surface area (Å²) in [5.74, 6) is 0.486. The minimum absolute atomic E-state index is 0.243. The van der Waals surface area contributed by atoms with Gasteiger partial charge in [0.05, 0.1) is 0 Å². The van der Waals surface area contributed by atoms with Crippen molar-refractivity contribution in [2.45, 2.75) is 6.04 Å². The Kier molecular flexibility index (Phi) is 5.76. The van der Waals surface area contributed by atoms with Gasteiger partial charge in [-0.05, 0) is 35.4 Å². The minimum atomic E-state index is -0.393. The number of benzene rings is 2. The molecule has 1 unspecified atom stereocenters. The monoisotopic (exact) mass is 385 g/mol. The topological polar surface area (TPSA) is 46.9 Å². The van der Waals surface area contributed by atoms with Crippen LogP contribution in [0.2, 0.25) is 10.0 Å². The summed E-state index contributed by atoms with van der Waals surface area (Å²) in [5.41, 5.74) is 1.67. The average Bonchev–Trinajstić information content (AvgIpc) is 3.05. The fourth-order valence-electron chi connectivity index (χ4n) is 2.57. The summed E-state index contributed by atoms with van der Waals surface area (Å²) in [4.78, 5) is 16.9. The first-order valence-electron chi connectivity index (χ1n) is 8.00. The molecule has 0 fully saturated rings. The number of carbonyl (C=O) groups is 1. The van der Waals surface area contributed by atoms with Crippen LogP contribution in [0.15, 0.2) is 67.0 Å². The highest BCUT2D eigenvalue weighted by molar-refractivity contribution is 6.32. The molecule has 1 amide bonds. The zero-order valence-corrected chi connectivity index (χ0v) is 15.6. The Bertz CT molecular complexity index is 932. The number of nitrogens with zero attached hydrogens (tertiary/aromatic N) is 2. The molecule has 0 saturated carbocycles. The largest absolute Gasteiger partial charge is 0.339 e. The van der Waals surface area contributed by atoms with Gasteiger partial charge < -0.3 is 9.88 Å². The number of imidazole rings is 1. The number of carbonyl (C=O) groups excluding carboxylic acids is 1. The lowest BCUT2D eigenvalue weighted by Crippen LogP contribution is -2.29. The second-order valence-corrected chi connectivity index (χ2v) is 6.59. The van der Waals surface area contributed by atoms with Gasteiger partial charge in [-0.3, -0.25) is 4.79 Å². The predicted octanol–water partition coefficient (Wildman–Crippen LogP) is 4.65. The Morgan fingerprint density at radius 1 is 1.15 bits per heavy atom. The third-order valence-corrected chi connectivity index (χ3v) is 4.52. The van der Waals surface area contributed by atoms with Crippen LogP contribution in [0, 0.1) is 0 Å². The standard InChI is InChI=1S/C20H17Cl2N3O/c1-25-13-12-23-20(25)19(15-6-9-16(21)10-7-15)24-18(26)11-8-14-4-2-3-5-17(14)22/h2-13,19H,1H3,(H,24,26)/b11-8+. The van der Waals surface area contributed by atoms with Gasteiger partial charge in [0, 0.05) is 35.6 Å². The van der Waals surface area contributed by atoms with E-state index in [4.69, 9.17) is 23.2 Å². The zero-order chi connectivity index (χ0) is 18.5. The van der Waals surface area contributed by atoms with Crippen molar-refractivity contribution in [3.05, 3.63) is 94.0 Å². The van der Waals surface area contributed by atoms with Crippen molar-refractivity contribution < 1.29 is 4.79 Å². The van der Waals surface area contributed by atoms with Crippen LogP contribution in [0.4, 0.5) is 0 Å². The molecule has 26 heavy (non-hydrogen) atoms. The molecule has 3 rings (SSSR count). The molecule has 1 atom stereocenters. The minimum Gasteiger partial charge on any atom is -0.339 e. The number of hydrogen-bond acceptors (Lipinski definition) is 2. The lowest BCUT2D eigenvalue weighted by atomic mass is 10.1. The van der Waals surface area contributed by atoms with Crippen LogP contribution in [-0.2, 0) is 11.8 Å². The van der Waals surface area contributed by atoms with E-state index in [1.807, 2.05) is 48.1 Å². The molecule has 1 heterocycles. The summed E-state index contributed by atoms with van der Waals surface area (Å²) >= 11 is 12.1. The van der Waals surface area contributed by atoms with E-state index in [-0.39, 0.29) is 5.91 Å². The van der Waals surface area contributed by atoms with E-state index in [0.29, 0.717) is 10.0 Å². The van der Waals surface area contributed by atoms with Crippen molar-refractivity contribution in [2.24, 2.45) is 7.05 Å². The van der Waals surface area contributed by atoms with Crippen LogP contribution >= 0.6 is 23.2 Å². The summed E-state index contributed by atoms with van der Waals surface area (Å²) in [6, 6.07) is 14.3. The molecule has 0 aliphatic carbocycles. The molecule has 0 aliphatic heterocycles. The van der Waals surface area contributed by atoms with Gasteiger partial charge in [0.15, 0.2) is 0 Å². The van der Waals surface area contributed by atoms with Gasteiger partial charge >= 0.3 is 0 Å². The van der Waals surface area contributed by atoms with Crippen LogP contribution in [-0.4, -0.2) is 15.5 Å². The van der Waals surface area contributed by atoms with Crippen molar-refractivity contribution in [1.29, 1.82) is 0 Å². The average molecular weight is 386 g/mol. The van der Waals surface area contributed by atoms with E-state index in [0.717, 1.165) is 17.0 Å². The Labute approximate surface area is 162 Å². The van der Waals surface area contributed by atoms with Crippen molar-refractivity contribution in [3.8, 4) is 0 Å². The number of halogens is 2. The number of nitrogens with one attached hydrogen (secondary N) is 1. The van der Waals surface area contributed by atoms with Crippen LogP contribution in [0.3, 0.4) is 0 Å². The maximum atomic E-state index is 12.5. The van der Waals surface area contributed by atoms with E-state index in [9.17, 15) is 4.79 Å². The normalized spacial score (nSPS) is 12.3. The second kappa shape index (κ2) is 8.21. The number of aryl methyl sites for hydroxylation is 1. The van der Waals surface area contributed by atoms with E-state index in [1.165, 1.54) is 6.08 Å². The number of amides is 1. The Balaban J connectivity index is 1.84. The third kappa shape index (κ3) is 4.34. The summed E-state index contributed by atoms with van der Waals surface area (Å²) < 4.78 is 1.87. The first-order chi connectivity index (χ1) is 12.5. The molecule has 132 valence electrons. The molecule has 4 nitrogen and oxygen atoms in total. The van der Waals surface area contributed by atoms with E-state index >= 15 is 0 Å². The van der Waals surface area contributed by atoms with Gasteiger partial charge in [0.25, 0.3) is 0 Å². The van der Waals surface area contributed by atoms with Crippen molar-refractivity contribution >= 4 is 35.2 Å². The Morgan fingerprint density at radius 3 is 2.54 bits per heavy atom. The van der Waals surface area contributed by atoms with Crippen molar-refractivity contribution in [3.63, 3.8) is 0 Å². The number of rotatable bonds is 5. The third-order valence-electron chi connectivity index (χ3n) is 3.93. The molecule has 0 aliphatic rings.